The average Bonchev–Trinajstić information content (AvgIpc) is 3.00. The van der Waals surface area contributed by atoms with Crippen LogP contribution in [-0.4, -0.2) is 20.9 Å². The summed E-state index contributed by atoms with van der Waals surface area (Å²) in [4.78, 5) is 8.61. The summed E-state index contributed by atoms with van der Waals surface area (Å²) in [5.74, 6) is 0.844. The number of alkyl halides is 3. The molecular weight excluding hydrogens is 317 g/mol. The number of imidazole rings is 1. The van der Waals surface area contributed by atoms with Gasteiger partial charge in [0.1, 0.15) is 0 Å². The Hall–Kier alpha value is -2.57. The van der Waals surface area contributed by atoms with E-state index >= 15 is 0 Å². The summed E-state index contributed by atoms with van der Waals surface area (Å²) in [5.41, 5.74) is 0.184. The molecule has 7 heteroatoms. The van der Waals surface area contributed by atoms with Crippen LogP contribution in [0.1, 0.15) is 19.4 Å². The smallest absolute Gasteiger partial charge is 0.367 e. The van der Waals surface area contributed by atoms with Crippen molar-refractivity contribution in [2.75, 3.05) is 11.9 Å². The topological polar surface area (TPSA) is 42.2 Å². The number of benzene rings is 1. The van der Waals surface area contributed by atoms with Crippen LogP contribution in [0.15, 0.2) is 42.9 Å². The zero-order chi connectivity index (χ0) is 17.3. The minimum absolute atomic E-state index is 0.0493. The van der Waals surface area contributed by atoms with Gasteiger partial charge in [0.05, 0.1) is 11.3 Å². The van der Waals surface area contributed by atoms with Gasteiger partial charge < -0.3 is 9.72 Å². The molecule has 0 atom stereocenters. The van der Waals surface area contributed by atoms with Crippen molar-refractivity contribution in [3.8, 4) is 11.3 Å². The molecule has 0 saturated heterocycles. The Kier molecular flexibility index (Phi) is 4.17. The lowest BCUT2D eigenvalue weighted by atomic mass is 10.0. The maximum atomic E-state index is 13.3. The third-order valence-corrected chi connectivity index (χ3v) is 3.56. The molecule has 0 unspecified atom stereocenters. The lowest BCUT2D eigenvalue weighted by Gasteiger charge is -2.15. The van der Waals surface area contributed by atoms with E-state index in [1.165, 1.54) is 12.1 Å². The standard InChI is InChI=1S/C17H17F3N4/c1-11(2)9-22-15-16-21-7-8-24(16)10-14(23-15)12-5-3-4-6-13(12)17(18,19)20/h3-8,10-11H,9H2,1-2H3,(H,22,23). The number of nitrogens with one attached hydrogen (secondary N) is 1. The molecule has 126 valence electrons. The van der Waals surface area contributed by atoms with Gasteiger partial charge >= 0.3 is 6.18 Å². The van der Waals surface area contributed by atoms with Crippen LogP contribution in [0.3, 0.4) is 0 Å². The fourth-order valence-corrected chi connectivity index (χ4v) is 2.43. The van der Waals surface area contributed by atoms with E-state index in [2.05, 4.69) is 15.3 Å². The summed E-state index contributed by atoms with van der Waals surface area (Å²) in [6.07, 6.45) is 0.412. The quantitative estimate of drug-likeness (QED) is 0.765. The fraction of sp³-hybridized carbons (Fsp3) is 0.294. The first kappa shape index (κ1) is 16.3. The summed E-state index contributed by atoms with van der Waals surface area (Å²) >= 11 is 0. The van der Waals surface area contributed by atoms with E-state index in [4.69, 9.17) is 0 Å². The number of aromatic nitrogens is 3. The van der Waals surface area contributed by atoms with Gasteiger partial charge in [-0.25, -0.2) is 9.97 Å². The Labute approximate surface area is 137 Å². The SMILES string of the molecule is CC(C)CNc1nc(-c2ccccc2C(F)(F)F)cn2ccnc12. The normalized spacial score (nSPS) is 12.1. The third-order valence-electron chi connectivity index (χ3n) is 3.56. The van der Waals surface area contributed by atoms with Crippen LogP contribution in [0.4, 0.5) is 19.0 Å². The first-order valence-electron chi connectivity index (χ1n) is 7.60. The highest BCUT2D eigenvalue weighted by molar-refractivity contribution is 5.71. The predicted octanol–water partition coefficient (Wildman–Crippen LogP) is 4.48. The van der Waals surface area contributed by atoms with Crippen LogP contribution in [0.5, 0.6) is 0 Å². The Balaban J connectivity index is 2.14. The molecule has 0 fully saturated rings. The first-order valence-corrected chi connectivity index (χ1v) is 7.60. The number of fused-ring (bicyclic) bond motifs is 1. The second kappa shape index (κ2) is 6.14. The lowest BCUT2D eigenvalue weighted by Crippen LogP contribution is -2.12. The molecule has 0 spiro atoms. The molecule has 0 bridgehead atoms. The summed E-state index contributed by atoms with van der Waals surface area (Å²) in [7, 11) is 0. The molecule has 4 nitrogen and oxygen atoms in total. The van der Waals surface area contributed by atoms with Gasteiger partial charge in [-0.2, -0.15) is 13.2 Å². The maximum absolute atomic E-state index is 13.3. The van der Waals surface area contributed by atoms with E-state index in [1.807, 2.05) is 13.8 Å². The summed E-state index contributed by atoms with van der Waals surface area (Å²) < 4.78 is 41.5. The molecule has 3 aromatic rings. The molecule has 1 aromatic carbocycles. The maximum Gasteiger partial charge on any atom is 0.417 e. The van der Waals surface area contributed by atoms with Gasteiger partial charge in [-0.15, -0.1) is 0 Å². The molecular formula is C17H17F3N4. The van der Waals surface area contributed by atoms with Gasteiger partial charge in [-0.3, -0.25) is 0 Å². The largest absolute Gasteiger partial charge is 0.417 e. The van der Waals surface area contributed by atoms with Crippen molar-refractivity contribution in [1.29, 1.82) is 0 Å². The van der Waals surface area contributed by atoms with Crippen LogP contribution in [-0.2, 0) is 6.18 Å². The zero-order valence-electron chi connectivity index (χ0n) is 13.3. The molecule has 0 aliphatic carbocycles. The molecule has 2 aromatic heterocycles. The second-order valence-corrected chi connectivity index (χ2v) is 5.95. The van der Waals surface area contributed by atoms with Crippen molar-refractivity contribution in [3.05, 3.63) is 48.4 Å². The lowest BCUT2D eigenvalue weighted by molar-refractivity contribution is -0.137. The minimum atomic E-state index is -4.44. The number of hydrogen-bond acceptors (Lipinski definition) is 3. The molecule has 0 aliphatic heterocycles. The molecule has 0 radical (unpaired) electrons. The second-order valence-electron chi connectivity index (χ2n) is 5.95. The van der Waals surface area contributed by atoms with Gasteiger partial charge in [0.2, 0.25) is 0 Å². The van der Waals surface area contributed by atoms with Gasteiger partial charge in [-0.05, 0) is 12.0 Å². The zero-order valence-corrected chi connectivity index (χ0v) is 13.3. The van der Waals surface area contributed by atoms with Crippen molar-refractivity contribution < 1.29 is 13.2 Å². The van der Waals surface area contributed by atoms with Crippen molar-refractivity contribution >= 4 is 11.5 Å². The predicted molar refractivity (Wildman–Crippen MR) is 86.8 cm³/mol. The molecule has 0 amide bonds. The molecule has 2 heterocycles. The van der Waals surface area contributed by atoms with Crippen LogP contribution in [0.2, 0.25) is 0 Å². The van der Waals surface area contributed by atoms with E-state index in [0.29, 0.717) is 23.9 Å². The Morgan fingerprint density at radius 2 is 1.96 bits per heavy atom. The highest BCUT2D eigenvalue weighted by Crippen LogP contribution is 2.36. The summed E-state index contributed by atoms with van der Waals surface area (Å²) in [5, 5.41) is 3.17. The van der Waals surface area contributed by atoms with Gasteiger partial charge in [-0.1, -0.05) is 32.0 Å². The van der Waals surface area contributed by atoms with Crippen LogP contribution >= 0.6 is 0 Å². The Bertz CT molecular complexity index is 852. The first-order chi connectivity index (χ1) is 11.4. The monoisotopic (exact) mass is 334 g/mol. The van der Waals surface area contributed by atoms with Gasteiger partial charge in [0.15, 0.2) is 11.5 Å². The van der Waals surface area contributed by atoms with E-state index in [0.717, 1.165) is 6.07 Å². The molecule has 0 aliphatic rings. The van der Waals surface area contributed by atoms with E-state index in [9.17, 15) is 13.2 Å². The minimum Gasteiger partial charge on any atom is -0.367 e. The van der Waals surface area contributed by atoms with Crippen molar-refractivity contribution in [2.24, 2.45) is 5.92 Å². The number of anilines is 1. The van der Waals surface area contributed by atoms with Gasteiger partial charge in [0, 0.05) is 30.7 Å². The highest BCUT2D eigenvalue weighted by Gasteiger charge is 2.33. The molecule has 0 saturated carbocycles. The number of rotatable bonds is 4. The van der Waals surface area contributed by atoms with Crippen molar-refractivity contribution in [2.45, 2.75) is 20.0 Å². The van der Waals surface area contributed by atoms with E-state index < -0.39 is 11.7 Å². The van der Waals surface area contributed by atoms with Gasteiger partial charge in [0.25, 0.3) is 0 Å². The Morgan fingerprint density at radius 1 is 1.21 bits per heavy atom. The summed E-state index contributed by atoms with van der Waals surface area (Å²) in [6, 6.07) is 5.45. The number of hydrogen-bond donors (Lipinski definition) is 1. The molecule has 1 N–H and O–H groups in total. The number of halogens is 3. The molecule has 3 rings (SSSR count). The van der Waals surface area contributed by atoms with Crippen LogP contribution < -0.4 is 5.32 Å². The third kappa shape index (κ3) is 3.20. The fourth-order valence-electron chi connectivity index (χ4n) is 2.43. The van der Waals surface area contributed by atoms with E-state index in [1.54, 1.807) is 29.1 Å². The van der Waals surface area contributed by atoms with Crippen LogP contribution in [0.25, 0.3) is 16.9 Å². The summed E-state index contributed by atoms with van der Waals surface area (Å²) in [6.45, 7) is 4.73. The Morgan fingerprint density at radius 3 is 2.67 bits per heavy atom. The van der Waals surface area contributed by atoms with Crippen LogP contribution in [0, 0.1) is 5.92 Å². The molecule has 24 heavy (non-hydrogen) atoms. The van der Waals surface area contributed by atoms with Crippen molar-refractivity contribution in [1.82, 2.24) is 14.4 Å². The average molecular weight is 334 g/mol. The highest BCUT2D eigenvalue weighted by atomic mass is 19.4. The van der Waals surface area contributed by atoms with Crippen molar-refractivity contribution in [3.63, 3.8) is 0 Å². The van der Waals surface area contributed by atoms with E-state index in [-0.39, 0.29) is 11.3 Å². The number of nitrogens with zero attached hydrogens (tertiary/aromatic N) is 3.